The summed E-state index contributed by atoms with van der Waals surface area (Å²) >= 11 is 0. The van der Waals surface area contributed by atoms with Gasteiger partial charge in [0.25, 0.3) is 0 Å². The molecule has 1 rings (SSSR count). The van der Waals surface area contributed by atoms with Gasteiger partial charge in [0, 0.05) is 6.54 Å². The van der Waals surface area contributed by atoms with Crippen LogP contribution in [-0.4, -0.2) is 35.7 Å². The van der Waals surface area contributed by atoms with Crippen LogP contribution in [0.4, 0.5) is 0 Å². The zero-order valence-corrected chi connectivity index (χ0v) is 7.23. The van der Waals surface area contributed by atoms with Crippen LogP contribution in [0.15, 0.2) is 0 Å². The lowest BCUT2D eigenvalue weighted by atomic mass is 10.4. The molecule has 1 heterocycles. The lowest BCUT2D eigenvalue weighted by Gasteiger charge is -2.15. The Kier molecular flexibility index (Phi) is 5.04. The Morgan fingerprint density at radius 3 is 2.30 bits per heavy atom. The van der Waals surface area contributed by atoms with Crippen LogP contribution in [0.1, 0.15) is 19.8 Å². The smallest absolute Gasteiger partial charge is 0.0639 e. The van der Waals surface area contributed by atoms with E-state index >= 15 is 0 Å². The normalized spacial score (nSPS) is 22.2. The van der Waals surface area contributed by atoms with Crippen molar-refractivity contribution < 1.29 is 5.11 Å². The van der Waals surface area contributed by atoms with Gasteiger partial charge in [0.05, 0.1) is 6.10 Å². The van der Waals surface area contributed by atoms with Crippen molar-refractivity contribution in [1.82, 2.24) is 4.90 Å². The van der Waals surface area contributed by atoms with Crippen molar-refractivity contribution in [1.29, 1.82) is 0 Å². The lowest BCUT2D eigenvalue weighted by Crippen LogP contribution is -2.27. The van der Waals surface area contributed by atoms with Gasteiger partial charge < -0.3 is 10.0 Å². The monoisotopic (exact) mass is 165 g/mol. The topological polar surface area (TPSA) is 23.5 Å². The van der Waals surface area contributed by atoms with Gasteiger partial charge in [-0.15, -0.1) is 12.4 Å². The van der Waals surface area contributed by atoms with Crippen molar-refractivity contribution >= 4 is 12.4 Å². The molecule has 0 saturated carbocycles. The third kappa shape index (κ3) is 3.40. The molecule has 0 aromatic carbocycles. The number of β-amino-alcohol motifs (C(OH)–C–C–N with tert-alkyl or cyclic N) is 1. The van der Waals surface area contributed by atoms with E-state index in [-0.39, 0.29) is 18.5 Å². The maximum Gasteiger partial charge on any atom is 0.0639 e. The maximum atomic E-state index is 8.97. The molecule has 1 unspecified atom stereocenters. The second-order valence-electron chi connectivity index (χ2n) is 2.86. The zero-order valence-electron chi connectivity index (χ0n) is 6.42. The molecule has 1 aliphatic rings. The fourth-order valence-corrected chi connectivity index (χ4v) is 1.34. The molecule has 3 heteroatoms. The Hall–Kier alpha value is 0.210. The number of hydrogen-bond donors (Lipinski definition) is 1. The molecule has 1 N–H and O–H groups in total. The highest BCUT2D eigenvalue weighted by atomic mass is 35.5. The first-order valence-electron chi connectivity index (χ1n) is 3.69. The van der Waals surface area contributed by atoms with Gasteiger partial charge >= 0.3 is 0 Å². The average molecular weight is 166 g/mol. The molecule has 1 fully saturated rings. The number of hydrogen-bond acceptors (Lipinski definition) is 2. The van der Waals surface area contributed by atoms with E-state index < -0.39 is 0 Å². The Morgan fingerprint density at radius 2 is 1.90 bits per heavy atom. The number of rotatable bonds is 2. The van der Waals surface area contributed by atoms with E-state index in [0.717, 1.165) is 6.54 Å². The second kappa shape index (κ2) is 4.94. The summed E-state index contributed by atoms with van der Waals surface area (Å²) in [4.78, 5) is 2.31. The Bertz CT molecular complexity index is 81.7. The Morgan fingerprint density at radius 1 is 1.40 bits per heavy atom. The minimum Gasteiger partial charge on any atom is -0.392 e. The molecule has 1 aliphatic heterocycles. The zero-order chi connectivity index (χ0) is 6.69. The highest BCUT2D eigenvalue weighted by Gasteiger charge is 2.12. The standard InChI is InChI=1S/C7H15NO.ClH/c1-7(9)6-8-4-2-3-5-8;/h7,9H,2-6H2,1H3;1H. The summed E-state index contributed by atoms with van der Waals surface area (Å²) < 4.78 is 0. The summed E-state index contributed by atoms with van der Waals surface area (Å²) in [5.41, 5.74) is 0. The first-order chi connectivity index (χ1) is 4.29. The molecule has 0 radical (unpaired) electrons. The number of halogens is 1. The largest absolute Gasteiger partial charge is 0.392 e. The minimum absolute atomic E-state index is 0. The number of likely N-dealkylation sites (tertiary alicyclic amines) is 1. The van der Waals surface area contributed by atoms with Crippen molar-refractivity contribution in [2.75, 3.05) is 19.6 Å². The summed E-state index contributed by atoms with van der Waals surface area (Å²) in [5.74, 6) is 0. The van der Waals surface area contributed by atoms with Crippen LogP contribution in [-0.2, 0) is 0 Å². The Labute approximate surface area is 68.6 Å². The molecule has 10 heavy (non-hydrogen) atoms. The van der Waals surface area contributed by atoms with Gasteiger partial charge in [-0.3, -0.25) is 0 Å². The summed E-state index contributed by atoms with van der Waals surface area (Å²) in [5, 5.41) is 8.97. The van der Waals surface area contributed by atoms with Gasteiger partial charge in [0.2, 0.25) is 0 Å². The molecule has 0 spiro atoms. The van der Waals surface area contributed by atoms with E-state index in [2.05, 4.69) is 4.90 Å². The molecule has 0 aliphatic carbocycles. The maximum absolute atomic E-state index is 8.97. The van der Waals surface area contributed by atoms with Crippen LogP contribution >= 0.6 is 12.4 Å². The van der Waals surface area contributed by atoms with Crippen LogP contribution in [0.3, 0.4) is 0 Å². The van der Waals surface area contributed by atoms with Crippen molar-refractivity contribution in [2.45, 2.75) is 25.9 Å². The van der Waals surface area contributed by atoms with Crippen molar-refractivity contribution in [3.8, 4) is 0 Å². The highest BCUT2D eigenvalue weighted by Crippen LogP contribution is 2.06. The molecule has 1 saturated heterocycles. The molecule has 0 aromatic heterocycles. The molecule has 0 aromatic rings. The van der Waals surface area contributed by atoms with E-state index in [1.54, 1.807) is 0 Å². The summed E-state index contributed by atoms with van der Waals surface area (Å²) in [6, 6.07) is 0. The molecule has 2 nitrogen and oxygen atoms in total. The average Bonchev–Trinajstić information content (AvgIpc) is 2.15. The van der Waals surface area contributed by atoms with E-state index in [4.69, 9.17) is 5.11 Å². The first kappa shape index (κ1) is 10.2. The number of nitrogens with zero attached hydrogens (tertiary/aromatic N) is 1. The van der Waals surface area contributed by atoms with Gasteiger partial charge in [0.1, 0.15) is 0 Å². The third-order valence-corrected chi connectivity index (χ3v) is 1.72. The quantitative estimate of drug-likeness (QED) is 0.657. The van der Waals surface area contributed by atoms with Gasteiger partial charge in [-0.1, -0.05) is 0 Å². The van der Waals surface area contributed by atoms with Crippen LogP contribution in [0.25, 0.3) is 0 Å². The van der Waals surface area contributed by atoms with Gasteiger partial charge in [0.15, 0.2) is 0 Å². The van der Waals surface area contributed by atoms with E-state index in [1.165, 1.54) is 25.9 Å². The van der Waals surface area contributed by atoms with Crippen LogP contribution in [0.2, 0.25) is 0 Å². The van der Waals surface area contributed by atoms with Crippen molar-refractivity contribution in [3.63, 3.8) is 0 Å². The van der Waals surface area contributed by atoms with Crippen LogP contribution in [0.5, 0.6) is 0 Å². The molecule has 0 bridgehead atoms. The summed E-state index contributed by atoms with van der Waals surface area (Å²) in [6.07, 6.45) is 2.47. The van der Waals surface area contributed by atoms with Gasteiger partial charge in [-0.05, 0) is 32.9 Å². The van der Waals surface area contributed by atoms with E-state index in [1.807, 2.05) is 6.92 Å². The van der Waals surface area contributed by atoms with Gasteiger partial charge in [-0.25, -0.2) is 0 Å². The predicted octanol–water partition coefficient (Wildman–Crippen LogP) is 0.885. The van der Waals surface area contributed by atoms with Gasteiger partial charge in [-0.2, -0.15) is 0 Å². The highest BCUT2D eigenvalue weighted by molar-refractivity contribution is 5.85. The SMILES string of the molecule is CC(O)CN1CCCC1.Cl. The van der Waals surface area contributed by atoms with E-state index in [9.17, 15) is 0 Å². The molecular weight excluding hydrogens is 150 g/mol. The lowest BCUT2D eigenvalue weighted by molar-refractivity contribution is 0.141. The summed E-state index contributed by atoms with van der Waals surface area (Å²) in [7, 11) is 0. The van der Waals surface area contributed by atoms with Crippen LogP contribution < -0.4 is 0 Å². The number of aliphatic hydroxyl groups is 1. The first-order valence-corrected chi connectivity index (χ1v) is 3.69. The fraction of sp³-hybridized carbons (Fsp3) is 1.00. The fourth-order valence-electron chi connectivity index (χ4n) is 1.34. The van der Waals surface area contributed by atoms with Crippen molar-refractivity contribution in [3.05, 3.63) is 0 Å². The summed E-state index contributed by atoms with van der Waals surface area (Å²) in [6.45, 7) is 5.08. The second-order valence-corrected chi connectivity index (χ2v) is 2.86. The van der Waals surface area contributed by atoms with Crippen LogP contribution in [0, 0.1) is 0 Å². The minimum atomic E-state index is -0.150. The number of aliphatic hydroxyl groups excluding tert-OH is 1. The molecular formula is C7H16ClNO. The molecule has 1 atom stereocenters. The van der Waals surface area contributed by atoms with E-state index in [0.29, 0.717) is 0 Å². The van der Waals surface area contributed by atoms with Crippen molar-refractivity contribution in [2.24, 2.45) is 0 Å². The third-order valence-electron chi connectivity index (χ3n) is 1.72. The Balaban J connectivity index is 0.000000810. The predicted molar refractivity (Wildman–Crippen MR) is 44.6 cm³/mol. The molecule has 62 valence electrons. The molecule has 0 amide bonds.